The monoisotopic (exact) mass is 474 g/mol. The summed E-state index contributed by atoms with van der Waals surface area (Å²) in [7, 11) is -3.92. The number of carbonyl (C=O) groups excluding carboxylic acids is 1. The molecule has 0 unspecified atom stereocenters. The summed E-state index contributed by atoms with van der Waals surface area (Å²) in [5.74, 6) is 0.824. The maximum atomic E-state index is 13.6. The number of aromatic nitrogens is 6. The van der Waals surface area contributed by atoms with Crippen LogP contribution in [0.3, 0.4) is 0 Å². The predicted octanol–water partition coefficient (Wildman–Crippen LogP) is 3.87. The van der Waals surface area contributed by atoms with E-state index < -0.39 is 9.84 Å². The molecule has 4 heterocycles. The molecule has 1 aliphatic rings. The molecule has 1 aliphatic carbocycles. The van der Waals surface area contributed by atoms with E-state index in [0.717, 1.165) is 36.9 Å². The molecule has 172 valence electrons. The average molecular weight is 475 g/mol. The van der Waals surface area contributed by atoms with Crippen molar-refractivity contribution in [3.63, 3.8) is 0 Å². The van der Waals surface area contributed by atoms with Crippen LogP contribution in [0.4, 0.5) is 0 Å². The van der Waals surface area contributed by atoms with Crippen LogP contribution in [0.2, 0.25) is 0 Å². The molecule has 0 amide bonds. The Balaban J connectivity index is 1.48. The average Bonchev–Trinajstić information content (AvgIpc) is 3.63. The summed E-state index contributed by atoms with van der Waals surface area (Å²) in [5.41, 5.74) is 2.75. The highest BCUT2D eigenvalue weighted by atomic mass is 32.2. The van der Waals surface area contributed by atoms with Crippen molar-refractivity contribution in [1.29, 1.82) is 0 Å². The van der Waals surface area contributed by atoms with Crippen molar-refractivity contribution >= 4 is 32.9 Å². The van der Waals surface area contributed by atoms with E-state index in [1.165, 1.54) is 0 Å². The van der Waals surface area contributed by atoms with E-state index in [9.17, 15) is 13.2 Å². The van der Waals surface area contributed by atoms with Gasteiger partial charge in [-0.25, -0.2) is 13.4 Å². The molecule has 5 aromatic rings. The Morgan fingerprint density at radius 2 is 1.97 bits per heavy atom. The molecule has 10 heteroatoms. The molecule has 0 spiro atoms. The summed E-state index contributed by atoms with van der Waals surface area (Å²) in [6.45, 7) is 1.77. The quantitative estimate of drug-likeness (QED) is 0.387. The van der Waals surface area contributed by atoms with Gasteiger partial charge >= 0.3 is 0 Å². The van der Waals surface area contributed by atoms with Gasteiger partial charge in [0.1, 0.15) is 5.82 Å². The van der Waals surface area contributed by atoms with Crippen molar-refractivity contribution in [2.75, 3.05) is 0 Å². The fourth-order valence-electron chi connectivity index (χ4n) is 5.04. The molecule has 0 aliphatic heterocycles. The molecule has 9 nitrogen and oxygen atoms in total. The molecule has 34 heavy (non-hydrogen) atoms. The zero-order chi connectivity index (χ0) is 23.4. The Labute approximate surface area is 195 Å². The first-order valence-corrected chi connectivity index (χ1v) is 12.6. The van der Waals surface area contributed by atoms with Gasteiger partial charge in [0.05, 0.1) is 10.4 Å². The first-order chi connectivity index (χ1) is 16.5. The number of hydrogen-bond donors (Lipinski definition) is 1. The molecule has 1 fully saturated rings. The molecule has 1 N–H and O–H groups in total. The molecule has 4 aromatic heterocycles. The fraction of sp³-hybridized carbons (Fsp3) is 0.250. The number of nitrogens with one attached hydrogen (secondary N) is 1. The van der Waals surface area contributed by atoms with Gasteiger partial charge in [-0.05, 0) is 49.9 Å². The number of aldehydes is 1. The smallest absolute Gasteiger partial charge is 0.228 e. The lowest BCUT2D eigenvalue weighted by Crippen LogP contribution is -2.11. The van der Waals surface area contributed by atoms with Crippen LogP contribution in [-0.4, -0.2) is 43.8 Å². The largest absolute Gasteiger partial charge is 0.350 e. The third-order valence-corrected chi connectivity index (χ3v) is 8.56. The summed E-state index contributed by atoms with van der Waals surface area (Å²) in [4.78, 5) is 18.8. The molecule has 1 saturated carbocycles. The van der Waals surface area contributed by atoms with Gasteiger partial charge in [-0.1, -0.05) is 18.2 Å². The van der Waals surface area contributed by atoms with Crippen LogP contribution in [0, 0.1) is 6.92 Å². The minimum absolute atomic E-state index is 0.0941. The number of carbonyl (C=O) groups is 1. The molecule has 2 atom stereocenters. The molecule has 1 aromatic carbocycles. The first-order valence-electron chi connectivity index (χ1n) is 11.1. The molecular weight excluding hydrogens is 452 g/mol. The Bertz CT molecular complexity index is 1660. The predicted molar refractivity (Wildman–Crippen MR) is 125 cm³/mol. The standard InChI is InChI=1S/C24H22N6O3S/c1-15-4-2-3-5-20(15)34(32,33)24-23-28-27-22(30(23)19-8-10-25-21(19)26-24)17-6-7-18(12-17)29-11-9-16(13-29)14-31/h2-5,8-11,13-14,17-18,25H,6-7,12H2,1H3/t17-,18+/m1/s1. The lowest BCUT2D eigenvalue weighted by Gasteiger charge is -2.13. The van der Waals surface area contributed by atoms with Crippen molar-refractivity contribution in [2.24, 2.45) is 0 Å². The number of fused-ring (bicyclic) bond motifs is 3. The van der Waals surface area contributed by atoms with E-state index in [1.807, 2.05) is 28.9 Å². The summed E-state index contributed by atoms with van der Waals surface area (Å²) < 4.78 is 31.2. The SMILES string of the molecule is Cc1ccccc1S(=O)(=O)c1nc2[nH]ccc2n2c([C@@H]3CC[C@H](n4ccc(C=O)c4)C3)nnc12. The zero-order valence-corrected chi connectivity index (χ0v) is 19.2. The summed E-state index contributed by atoms with van der Waals surface area (Å²) >= 11 is 0. The fourth-order valence-corrected chi connectivity index (χ4v) is 6.59. The molecule has 0 radical (unpaired) electrons. The highest BCUT2D eigenvalue weighted by Gasteiger charge is 2.33. The third kappa shape index (κ3) is 3.09. The minimum Gasteiger partial charge on any atom is -0.350 e. The topological polar surface area (TPSA) is 115 Å². The Morgan fingerprint density at radius 1 is 1.12 bits per heavy atom. The number of H-pyrrole nitrogens is 1. The normalized spacial score (nSPS) is 18.7. The maximum Gasteiger partial charge on any atom is 0.228 e. The number of nitrogens with zero attached hydrogens (tertiary/aromatic N) is 5. The van der Waals surface area contributed by atoms with Gasteiger partial charge in [-0.2, -0.15) is 0 Å². The van der Waals surface area contributed by atoms with Crippen LogP contribution < -0.4 is 0 Å². The van der Waals surface area contributed by atoms with E-state index >= 15 is 0 Å². The summed E-state index contributed by atoms with van der Waals surface area (Å²) in [5, 5.41) is 8.70. The molecule has 0 saturated heterocycles. The van der Waals surface area contributed by atoms with Crippen LogP contribution in [0.25, 0.3) is 16.8 Å². The van der Waals surface area contributed by atoms with Crippen molar-refractivity contribution in [3.05, 3.63) is 71.9 Å². The molecule has 0 bridgehead atoms. The van der Waals surface area contributed by atoms with Gasteiger partial charge in [0.25, 0.3) is 0 Å². The number of benzene rings is 1. The first kappa shape index (κ1) is 20.8. The van der Waals surface area contributed by atoms with E-state index in [0.29, 0.717) is 16.8 Å². The number of rotatable bonds is 5. The van der Waals surface area contributed by atoms with Crippen molar-refractivity contribution < 1.29 is 13.2 Å². The highest BCUT2D eigenvalue weighted by Crippen LogP contribution is 2.41. The minimum atomic E-state index is -3.92. The summed E-state index contributed by atoms with van der Waals surface area (Å²) in [6, 6.07) is 10.8. The van der Waals surface area contributed by atoms with Gasteiger partial charge in [0.2, 0.25) is 14.9 Å². The van der Waals surface area contributed by atoms with Gasteiger partial charge in [0, 0.05) is 36.1 Å². The van der Waals surface area contributed by atoms with Crippen molar-refractivity contribution in [3.8, 4) is 0 Å². The van der Waals surface area contributed by atoms with Gasteiger partial charge < -0.3 is 9.55 Å². The van der Waals surface area contributed by atoms with E-state index in [-0.39, 0.29) is 27.5 Å². The maximum absolute atomic E-state index is 13.6. The van der Waals surface area contributed by atoms with Crippen LogP contribution in [0.5, 0.6) is 0 Å². The van der Waals surface area contributed by atoms with Crippen molar-refractivity contribution in [2.45, 2.75) is 48.1 Å². The van der Waals surface area contributed by atoms with Gasteiger partial charge in [0.15, 0.2) is 17.6 Å². The second kappa shape index (κ2) is 7.63. The lowest BCUT2D eigenvalue weighted by molar-refractivity contribution is 0.112. The van der Waals surface area contributed by atoms with E-state index in [2.05, 4.69) is 24.7 Å². The number of sulfone groups is 1. The van der Waals surface area contributed by atoms with Gasteiger partial charge in [-0.3, -0.25) is 9.20 Å². The molecular formula is C24H22N6O3S. The third-order valence-electron chi connectivity index (χ3n) is 6.74. The van der Waals surface area contributed by atoms with Gasteiger partial charge in [-0.15, -0.1) is 10.2 Å². The summed E-state index contributed by atoms with van der Waals surface area (Å²) in [6.07, 6.45) is 9.02. The zero-order valence-electron chi connectivity index (χ0n) is 18.4. The van der Waals surface area contributed by atoms with Crippen LogP contribution in [-0.2, 0) is 9.84 Å². The Morgan fingerprint density at radius 3 is 2.76 bits per heavy atom. The Kier molecular flexibility index (Phi) is 4.66. The van der Waals surface area contributed by atoms with E-state index in [1.54, 1.807) is 37.4 Å². The number of aryl methyl sites for hydroxylation is 1. The van der Waals surface area contributed by atoms with Crippen LogP contribution in [0.15, 0.2) is 64.9 Å². The van der Waals surface area contributed by atoms with E-state index in [4.69, 9.17) is 0 Å². The number of hydrogen-bond acceptors (Lipinski definition) is 6. The number of aromatic amines is 1. The highest BCUT2D eigenvalue weighted by molar-refractivity contribution is 7.91. The second-order valence-electron chi connectivity index (χ2n) is 8.79. The van der Waals surface area contributed by atoms with Crippen LogP contribution in [0.1, 0.15) is 53.0 Å². The van der Waals surface area contributed by atoms with Crippen LogP contribution >= 0.6 is 0 Å². The van der Waals surface area contributed by atoms with Crippen molar-refractivity contribution in [1.82, 2.24) is 29.1 Å². The second-order valence-corrected chi connectivity index (χ2v) is 10.6. The molecule has 6 rings (SSSR count). The lowest BCUT2D eigenvalue weighted by atomic mass is 10.1. The Hall–Kier alpha value is -3.79.